The van der Waals surface area contributed by atoms with Crippen LogP contribution in [0.15, 0.2) is 54.7 Å². The molecule has 1 N–H and O–H groups in total. The summed E-state index contributed by atoms with van der Waals surface area (Å²) in [6.07, 6.45) is 1.96. The summed E-state index contributed by atoms with van der Waals surface area (Å²) in [7, 11) is 3.40. The van der Waals surface area contributed by atoms with Crippen LogP contribution >= 0.6 is 0 Å². The molecule has 1 atom stereocenters. The number of fused-ring (bicyclic) bond motifs is 1. The van der Waals surface area contributed by atoms with Gasteiger partial charge in [0.05, 0.1) is 18.3 Å². The number of ketones is 1. The molecule has 140 valence electrons. The molecular formula is C21H23N3O3. The fourth-order valence-corrected chi connectivity index (χ4v) is 3.19. The van der Waals surface area contributed by atoms with Crippen LogP contribution in [0.4, 0.5) is 0 Å². The molecule has 1 heterocycles. The number of hydrogen-bond donors (Lipinski definition) is 1. The van der Waals surface area contributed by atoms with Crippen molar-refractivity contribution in [3.05, 3.63) is 66.0 Å². The van der Waals surface area contributed by atoms with Gasteiger partial charge in [0.1, 0.15) is 0 Å². The van der Waals surface area contributed by atoms with E-state index in [1.54, 1.807) is 18.0 Å². The molecule has 0 bridgehead atoms. The van der Waals surface area contributed by atoms with Crippen LogP contribution in [0.2, 0.25) is 0 Å². The number of methoxy groups -OCH3 is 1. The number of aryl methyl sites for hydroxylation is 1. The van der Waals surface area contributed by atoms with Gasteiger partial charge in [-0.2, -0.15) is 5.10 Å². The summed E-state index contributed by atoms with van der Waals surface area (Å²) >= 11 is 0. The normalized spacial score (nSPS) is 12.1. The lowest BCUT2D eigenvalue weighted by molar-refractivity contribution is -0.122. The Hall–Kier alpha value is -2.99. The van der Waals surface area contributed by atoms with Crippen molar-refractivity contribution < 1.29 is 14.3 Å². The Labute approximate surface area is 158 Å². The topological polar surface area (TPSA) is 73.2 Å². The maximum atomic E-state index is 12.6. The highest BCUT2D eigenvalue weighted by Crippen LogP contribution is 2.20. The lowest BCUT2D eigenvalue weighted by Crippen LogP contribution is -2.32. The molecule has 0 radical (unpaired) electrons. The number of carbonyl (C=O) groups is 2. The molecule has 1 amide bonds. The molecule has 3 rings (SSSR count). The van der Waals surface area contributed by atoms with Crippen LogP contribution in [0, 0.1) is 0 Å². The van der Waals surface area contributed by atoms with Gasteiger partial charge in [0.25, 0.3) is 0 Å². The molecule has 6 heteroatoms. The third-order valence-corrected chi connectivity index (χ3v) is 4.55. The van der Waals surface area contributed by atoms with Gasteiger partial charge < -0.3 is 10.1 Å². The summed E-state index contributed by atoms with van der Waals surface area (Å²) < 4.78 is 6.90. The average molecular weight is 365 g/mol. The van der Waals surface area contributed by atoms with Crippen molar-refractivity contribution in [2.75, 3.05) is 13.7 Å². The summed E-state index contributed by atoms with van der Waals surface area (Å²) in [5.41, 5.74) is 1.51. The minimum absolute atomic E-state index is 0.0363. The number of rotatable bonds is 8. The highest BCUT2D eigenvalue weighted by molar-refractivity contribution is 6.08. The first-order valence-corrected chi connectivity index (χ1v) is 8.87. The molecule has 0 saturated heterocycles. The molecular weight excluding hydrogens is 342 g/mol. The Morgan fingerprint density at radius 3 is 2.63 bits per heavy atom. The van der Waals surface area contributed by atoms with Crippen LogP contribution in [0.5, 0.6) is 0 Å². The molecule has 3 aromatic rings. The fourth-order valence-electron chi connectivity index (χ4n) is 3.19. The van der Waals surface area contributed by atoms with Crippen LogP contribution in [-0.4, -0.2) is 35.2 Å². The van der Waals surface area contributed by atoms with Crippen LogP contribution in [0.1, 0.15) is 34.9 Å². The molecule has 1 aromatic heterocycles. The van der Waals surface area contributed by atoms with Crippen molar-refractivity contribution in [2.24, 2.45) is 7.05 Å². The number of benzene rings is 2. The fraction of sp³-hybridized carbons (Fsp3) is 0.286. The van der Waals surface area contributed by atoms with Crippen LogP contribution in [-0.2, 0) is 16.6 Å². The number of amides is 1. The van der Waals surface area contributed by atoms with E-state index in [-0.39, 0.29) is 30.6 Å². The van der Waals surface area contributed by atoms with E-state index in [0.717, 1.165) is 16.5 Å². The summed E-state index contributed by atoms with van der Waals surface area (Å²) in [5.74, 6) is -0.224. The quantitative estimate of drug-likeness (QED) is 0.623. The summed E-state index contributed by atoms with van der Waals surface area (Å²) in [4.78, 5) is 25.0. The van der Waals surface area contributed by atoms with Gasteiger partial charge >= 0.3 is 0 Å². The SMILES string of the molecule is COCC(NC(=O)CCC(=O)c1cccc2ccccc12)c1ccnn1C. The molecule has 1 unspecified atom stereocenters. The lowest BCUT2D eigenvalue weighted by atomic mass is 9.99. The zero-order valence-corrected chi connectivity index (χ0v) is 15.5. The highest BCUT2D eigenvalue weighted by atomic mass is 16.5. The third-order valence-electron chi connectivity index (χ3n) is 4.55. The Morgan fingerprint density at radius 2 is 1.89 bits per heavy atom. The lowest BCUT2D eigenvalue weighted by Gasteiger charge is -2.18. The van der Waals surface area contributed by atoms with E-state index in [1.165, 1.54) is 0 Å². The molecule has 2 aromatic carbocycles. The van der Waals surface area contributed by atoms with E-state index >= 15 is 0 Å². The summed E-state index contributed by atoms with van der Waals surface area (Å²) in [5, 5.41) is 8.99. The number of aromatic nitrogens is 2. The van der Waals surface area contributed by atoms with Gasteiger partial charge in [0, 0.05) is 38.8 Å². The van der Waals surface area contributed by atoms with E-state index in [4.69, 9.17) is 4.74 Å². The summed E-state index contributed by atoms with van der Waals surface area (Å²) in [6, 6.07) is 14.9. The van der Waals surface area contributed by atoms with E-state index in [2.05, 4.69) is 10.4 Å². The number of nitrogens with zero attached hydrogens (tertiary/aromatic N) is 2. The van der Waals surface area contributed by atoms with E-state index in [0.29, 0.717) is 12.2 Å². The van der Waals surface area contributed by atoms with E-state index < -0.39 is 0 Å². The Kier molecular flexibility index (Phi) is 5.98. The van der Waals surface area contributed by atoms with Gasteiger partial charge in [-0.15, -0.1) is 0 Å². The first kappa shape index (κ1) is 18.8. The standard InChI is InChI=1S/C21H23N3O3/c1-24-19(12-13-22-24)18(14-27-2)23-21(26)11-10-20(25)17-9-5-7-15-6-3-4-8-16(15)17/h3-9,12-13,18H,10-11,14H2,1-2H3,(H,23,26). The minimum atomic E-state index is -0.303. The molecule has 0 aliphatic heterocycles. The second-order valence-corrected chi connectivity index (χ2v) is 6.41. The van der Waals surface area contributed by atoms with E-state index in [9.17, 15) is 9.59 Å². The number of nitrogens with one attached hydrogen (secondary N) is 1. The Bertz CT molecular complexity index is 943. The van der Waals surface area contributed by atoms with Gasteiger partial charge in [-0.05, 0) is 16.8 Å². The van der Waals surface area contributed by atoms with Gasteiger partial charge in [-0.3, -0.25) is 14.3 Å². The van der Waals surface area contributed by atoms with Crippen molar-refractivity contribution in [3.63, 3.8) is 0 Å². The maximum Gasteiger partial charge on any atom is 0.221 e. The summed E-state index contributed by atoms with van der Waals surface area (Å²) in [6.45, 7) is 0.336. The van der Waals surface area contributed by atoms with Crippen molar-refractivity contribution in [3.8, 4) is 0 Å². The highest BCUT2D eigenvalue weighted by Gasteiger charge is 2.19. The predicted molar refractivity (Wildman–Crippen MR) is 103 cm³/mol. The second-order valence-electron chi connectivity index (χ2n) is 6.41. The van der Waals surface area contributed by atoms with Gasteiger partial charge in [-0.25, -0.2) is 0 Å². The zero-order chi connectivity index (χ0) is 19.2. The first-order chi connectivity index (χ1) is 13.1. The molecule has 0 fully saturated rings. The van der Waals surface area contributed by atoms with Crippen LogP contribution in [0.3, 0.4) is 0 Å². The average Bonchev–Trinajstić information content (AvgIpc) is 3.11. The largest absolute Gasteiger partial charge is 0.382 e. The monoisotopic (exact) mass is 365 g/mol. The van der Waals surface area contributed by atoms with E-state index in [1.807, 2.05) is 55.6 Å². The van der Waals surface area contributed by atoms with Gasteiger partial charge in [-0.1, -0.05) is 42.5 Å². The first-order valence-electron chi connectivity index (χ1n) is 8.87. The number of Topliss-reactive ketones (excluding diaryl/α,β-unsaturated/α-hetero) is 1. The molecule has 6 nitrogen and oxygen atoms in total. The predicted octanol–water partition coefficient (Wildman–Crippen LogP) is 3.04. The van der Waals surface area contributed by atoms with Gasteiger partial charge in [0.2, 0.25) is 5.91 Å². The minimum Gasteiger partial charge on any atom is -0.382 e. The Balaban J connectivity index is 1.64. The third kappa shape index (κ3) is 4.41. The smallest absolute Gasteiger partial charge is 0.221 e. The Morgan fingerprint density at radius 1 is 1.11 bits per heavy atom. The molecule has 0 spiro atoms. The number of ether oxygens (including phenoxy) is 1. The number of hydrogen-bond acceptors (Lipinski definition) is 4. The van der Waals surface area contributed by atoms with Crippen molar-refractivity contribution in [2.45, 2.75) is 18.9 Å². The number of carbonyl (C=O) groups excluding carboxylic acids is 2. The van der Waals surface area contributed by atoms with Crippen LogP contribution in [0.25, 0.3) is 10.8 Å². The molecule has 0 aliphatic rings. The molecule has 27 heavy (non-hydrogen) atoms. The van der Waals surface area contributed by atoms with Crippen molar-refractivity contribution >= 4 is 22.5 Å². The zero-order valence-electron chi connectivity index (χ0n) is 15.5. The molecule has 0 aliphatic carbocycles. The van der Waals surface area contributed by atoms with Gasteiger partial charge in [0.15, 0.2) is 5.78 Å². The maximum absolute atomic E-state index is 12.6. The van der Waals surface area contributed by atoms with Crippen molar-refractivity contribution in [1.29, 1.82) is 0 Å². The van der Waals surface area contributed by atoms with Crippen LogP contribution < -0.4 is 5.32 Å². The van der Waals surface area contributed by atoms with Crippen molar-refractivity contribution in [1.82, 2.24) is 15.1 Å². The second kappa shape index (κ2) is 8.60. The molecule has 0 saturated carbocycles.